The molecule has 1 aliphatic heterocycles. The molecule has 0 spiro atoms. The fourth-order valence-corrected chi connectivity index (χ4v) is 1.76. The number of ether oxygens (including phenoxy) is 1. The van der Waals surface area contributed by atoms with Crippen LogP contribution in [0.2, 0.25) is 0 Å². The van der Waals surface area contributed by atoms with E-state index < -0.39 is 0 Å². The van der Waals surface area contributed by atoms with Gasteiger partial charge in [-0.2, -0.15) is 0 Å². The van der Waals surface area contributed by atoms with Crippen LogP contribution in [0.3, 0.4) is 0 Å². The maximum atomic E-state index is 8.82. The van der Waals surface area contributed by atoms with E-state index in [4.69, 9.17) is 9.84 Å². The lowest BCUT2D eigenvalue weighted by atomic mass is 9.99. The van der Waals surface area contributed by atoms with Crippen LogP contribution in [0.25, 0.3) is 0 Å². The largest absolute Gasteiger partial charge is 0.396 e. The zero-order valence-electron chi connectivity index (χ0n) is 7.99. The Kier molecular flexibility index (Phi) is 3.98. The second-order valence-electron chi connectivity index (χ2n) is 3.68. The first-order valence-corrected chi connectivity index (χ1v) is 4.61. The third kappa shape index (κ3) is 2.44. The van der Waals surface area contributed by atoms with Crippen LogP contribution in [-0.2, 0) is 4.74 Å². The molecule has 12 heavy (non-hydrogen) atoms. The molecule has 1 fully saturated rings. The topological polar surface area (TPSA) is 32.7 Å². The van der Waals surface area contributed by atoms with Crippen molar-refractivity contribution in [3.8, 4) is 0 Å². The molecule has 3 nitrogen and oxygen atoms in total. The highest BCUT2D eigenvalue weighted by atomic mass is 16.5. The van der Waals surface area contributed by atoms with Gasteiger partial charge in [-0.25, -0.2) is 0 Å². The molecule has 1 aliphatic rings. The zero-order chi connectivity index (χ0) is 8.97. The SMILES string of the molecule is COCC(CCO)N1CC(C)C1. The molecule has 0 aliphatic carbocycles. The van der Waals surface area contributed by atoms with Gasteiger partial charge >= 0.3 is 0 Å². The molecule has 3 heteroatoms. The van der Waals surface area contributed by atoms with Crippen molar-refractivity contribution in [1.29, 1.82) is 0 Å². The van der Waals surface area contributed by atoms with Gasteiger partial charge in [0.15, 0.2) is 0 Å². The van der Waals surface area contributed by atoms with Crippen molar-refractivity contribution in [2.24, 2.45) is 5.92 Å². The lowest BCUT2D eigenvalue weighted by Gasteiger charge is -2.42. The van der Waals surface area contributed by atoms with E-state index in [-0.39, 0.29) is 6.61 Å². The number of aliphatic hydroxyl groups is 1. The average molecular weight is 173 g/mol. The van der Waals surface area contributed by atoms with Crippen molar-refractivity contribution in [1.82, 2.24) is 4.90 Å². The van der Waals surface area contributed by atoms with Gasteiger partial charge in [0.1, 0.15) is 0 Å². The van der Waals surface area contributed by atoms with Gasteiger partial charge in [0, 0.05) is 32.8 Å². The average Bonchev–Trinajstić information content (AvgIpc) is 1.99. The third-order valence-electron chi connectivity index (χ3n) is 2.43. The van der Waals surface area contributed by atoms with Crippen molar-refractivity contribution >= 4 is 0 Å². The summed E-state index contributed by atoms with van der Waals surface area (Å²) in [7, 11) is 1.72. The van der Waals surface area contributed by atoms with Gasteiger partial charge in [-0.05, 0) is 12.3 Å². The normalized spacial score (nSPS) is 22.2. The fourth-order valence-electron chi connectivity index (χ4n) is 1.76. The van der Waals surface area contributed by atoms with E-state index in [9.17, 15) is 0 Å². The number of methoxy groups -OCH3 is 1. The van der Waals surface area contributed by atoms with Crippen LogP contribution in [0.4, 0.5) is 0 Å². The molecule has 1 N–H and O–H groups in total. The van der Waals surface area contributed by atoms with E-state index in [2.05, 4.69) is 11.8 Å². The van der Waals surface area contributed by atoms with Gasteiger partial charge in [-0.15, -0.1) is 0 Å². The second kappa shape index (κ2) is 4.80. The second-order valence-corrected chi connectivity index (χ2v) is 3.68. The van der Waals surface area contributed by atoms with E-state index in [1.807, 2.05) is 0 Å². The molecule has 72 valence electrons. The highest BCUT2D eigenvalue weighted by Crippen LogP contribution is 2.19. The molecule has 0 bridgehead atoms. The van der Waals surface area contributed by atoms with Crippen molar-refractivity contribution in [3.05, 3.63) is 0 Å². The molecule has 0 aromatic heterocycles. The van der Waals surface area contributed by atoms with Gasteiger partial charge in [0.05, 0.1) is 6.61 Å². The van der Waals surface area contributed by atoms with E-state index in [0.29, 0.717) is 6.04 Å². The highest BCUT2D eigenvalue weighted by Gasteiger charge is 2.28. The first-order chi connectivity index (χ1) is 5.77. The Morgan fingerprint density at radius 3 is 2.67 bits per heavy atom. The predicted octanol–water partition coefficient (Wildman–Crippen LogP) is 0.336. The molecule has 0 saturated carbocycles. The van der Waals surface area contributed by atoms with Gasteiger partial charge < -0.3 is 9.84 Å². The van der Waals surface area contributed by atoms with Gasteiger partial charge in [0.2, 0.25) is 0 Å². The Balaban J connectivity index is 2.22. The molecular weight excluding hydrogens is 154 g/mol. The standard InChI is InChI=1S/C9H19NO2/c1-8-5-10(6-8)9(3-4-11)7-12-2/h8-9,11H,3-7H2,1-2H3. The predicted molar refractivity (Wildman–Crippen MR) is 48.1 cm³/mol. The van der Waals surface area contributed by atoms with E-state index in [0.717, 1.165) is 32.0 Å². The van der Waals surface area contributed by atoms with Crippen LogP contribution in [0, 0.1) is 5.92 Å². The van der Waals surface area contributed by atoms with Gasteiger partial charge in [-0.1, -0.05) is 6.92 Å². The van der Waals surface area contributed by atoms with Crippen molar-refractivity contribution in [2.45, 2.75) is 19.4 Å². The Morgan fingerprint density at radius 1 is 1.58 bits per heavy atom. The Morgan fingerprint density at radius 2 is 2.25 bits per heavy atom. The van der Waals surface area contributed by atoms with Gasteiger partial charge in [0.25, 0.3) is 0 Å². The van der Waals surface area contributed by atoms with Crippen molar-refractivity contribution < 1.29 is 9.84 Å². The zero-order valence-corrected chi connectivity index (χ0v) is 7.99. The minimum Gasteiger partial charge on any atom is -0.396 e. The molecule has 0 amide bonds. The van der Waals surface area contributed by atoms with E-state index >= 15 is 0 Å². The summed E-state index contributed by atoms with van der Waals surface area (Å²) < 4.78 is 5.10. The number of hydrogen-bond acceptors (Lipinski definition) is 3. The molecule has 1 heterocycles. The molecule has 1 saturated heterocycles. The monoisotopic (exact) mass is 173 g/mol. The number of nitrogens with zero attached hydrogens (tertiary/aromatic N) is 1. The van der Waals surface area contributed by atoms with Crippen LogP contribution in [0.5, 0.6) is 0 Å². The number of hydrogen-bond donors (Lipinski definition) is 1. The third-order valence-corrected chi connectivity index (χ3v) is 2.43. The lowest BCUT2D eigenvalue weighted by Crippen LogP contribution is -2.52. The molecular formula is C9H19NO2. The van der Waals surface area contributed by atoms with Crippen LogP contribution in [0.1, 0.15) is 13.3 Å². The van der Waals surface area contributed by atoms with E-state index in [1.165, 1.54) is 0 Å². The smallest absolute Gasteiger partial charge is 0.0618 e. The minimum atomic E-state index is 0.263. The maximum Gasteiger partial charge on any atom is 0.0618 e. The first-order valence-electron chi connectivity index (χ1n) is 4.61. The summed E-state index contributed by atoms with van der Waals surface area (Å²) in [5.41, 5.74) is 0. The molecule has 0 aromatic carbocycles. The Hall–Kier alpha value is -0.120. The molecule has 0 aromatic rings. The van der Waals surface area contributed by atoms with Crippen molar-refractivity contribution in [3.63, 3.8) is 0 Å². The summed E-state index contributed by atoms with van der Waals surface area (Å²) in [6, 6.07) is 0.427. The van der Waals surface area contributed by atoms with Crippen LogP contribution in [0.15, 0.2) is 0 Å². The molecule has 1 rings (SSSR count). The number of likely N-dealkylation sites (tertiary alicyclic amines) is 1. The summed E-state index contributed by atoms with van der Waals surface area (Å²) in [5.74, 6) is 0.822. The molecule has 0 radical (unpaired) electrons. The molecule has 1 unspecified atom stereocenters. The van der Waals surface area contributed by atoms with Crippen molar-refractivity contribution in [2.75, 3.05) is 33.4 Å². The van der Waals surface area contributed by atoms with Crippen LogP contribution >= 0.6 is 0 Å². The quantitative estimate of drug-likeness (QED) is 0.650. The Bertz CT molecular complexity index is 118. The fraction of sp³-hybridized carbons (Fsp3) is 1.00. The van der Waals surface area contributed by atoms with Crippen LogP contribution < -0.4 is 0 Å². The summed E-state index contributed by atoms with van der Waals surface area (Å²) in [5, 5.41) is 8.82. The minimum absolute atomic E-state index is 0.263. The lowest BCUT2D eigenvalue weighted by molar-refractivity contribution is 0.00780. The number of aliphatic hydroxyl groups excluding tert-OH is 1. The van der Waals surface area contributed by atoms with Gasteiger partial charge in [-0.3, -0.25) is 4.90 Å². The molecule has 1 atom stereocenters. The van der Waals surface area contributed by atoms with E-state index in [1.54, 1.807) is 7.11 Å². The van der Waals surface area contributed by atoms with Crippen LogP contribution in [-0.4, -0.2) is 49.5 Å². The summed E-state index contributed by atoms with van der Waals surface area (Å²) in [6.07, 6.45) is 0.834. The number of rotatable bonds is 5. The summed E-state index contributed by atoms with van der Waals surface area (Å²) in [4.78, 5) is 2.38. The first kappa shape index (κ1) is 9.96. The Labute approximate surface area is 74.3 Å². The summed E-state index contributed by atoms with van der Waals surface area (Å²) in [6.45, 7) is 5.58. The summed E-state index contributed by atoms with van der Waals surface area (Å²) >= 11 is 0. The highest BCUT2D eigenvalue weighted by molar-refractivity contribution is 4.82. The maximum absolute atomic E-state index is 8.82.